The number of hydrogen-bond donors (Lipinski definition) is 3. The molecule has 4 aromatic rings. The number of hydrogen-bond acceptors (Lipinski definition) is 7. The predicted molar refractivity (Wildman–Crippen MR) is 123 cm³/mol. The van der Waals surface area contributed by atoms with Crippen LogP contribution < -0.4 is 14.8 Å². The number of fused-ring (bicyclic) bond motifs is 1. The highest BCUT2D eigenvalue weighted by molar-refractivity contribution is 6.02. The van der Waals surface area contributed by atoms with Crippen molar-refractivity contribution in [2.45, 2.75) is 40.0 Å². The van der Waals surface area contributed by atoms with E-state index < -0.39 is 0 Å². The molecule has 4 rings (SSSR count). The van der Waals surface area contributed by atoms with Crippen LogP contribution in [0.1, 0.15) is 36.8 Å². The summed E-state index contributed by atoms with van der Waals surface area (Å²) in [5, 5.41) is 22.0. The van der Waals surface area contributed by atoms with E-state index in [2.05, 4.69) is 39.3 Å². The molecule has 0 atom stereocenters. The van der Waals surface area contributed by atoms with Gasteiger partial charge in [0, 0.05) is 35.5 Å². The molecule has 0 bridgehead atoms. The Bertz CT molecular complexity index is 1240. The molecule has 0 spiro atoms. The molecule has 0 aliphatic rings. The van der Waals surface area contributed by atoms with Gasteiger partial charge < -0.3 is 24.5 Å². The van der Waals surface area contributed by atoms with E-state index in [4.69, 9.17) is 9.47 Å². The fourth-order valence-corrected chi connectivity index (χ4v) is 4.03. The quantitative estimate of drug-likeness (QED) is 0.385. The number of nitrogens with zero attached hydrogens (tertiary/aromatic N) is 4. The number of aryl methyl sites for hydroxylation is 1. The fourth-order valence-electron chi connectivity index (χ4n) is 4.03. The molecule has 0 radical (unpaired) electrons. The molecule has 32 heavy (non-hydrogen) atoms. The third-order valence-electron chi connectivity index (χ3n) is 5.45. The van der Waals surface area contributed by atoms with Gasteiger partial charge in [-0.15, -0.1) is 0 Å². The number of methoxy groups -OCH3 is 2. The first-order valence-corrected chi connectivity index (χ1v) is 10.4. The van der Waals surface area contributed by atoms with E-state index in [9.17, 15) is 5.11 Å². The Morgan fingerprint density at radius 1 is 1.16 bits per heavy atom. The van der Waals surface area contributed by atoms with Crippen LogP contribution in [0.2, 0.25) is 0 Å². The number of aromatic amines is 1. The van der Waals surface area contributed by atoms with E-state index >= 15 is 0 Å². The molecule has 0 saturated heterocycles. The van der Waals surface area contributed by atoms with Crippen molar-refractivity contribution in [2.75, 3.05) is 19.5 Å². The number of anilines is 1. The van der Waals surface area contributed by atoms with Crippen molar-refractivity contribution in [1.29, 1.82) is 0 Å². The smallest absolute Gasteiger partial charge is 0.146 e. The standard InChI is InChI=1S/C23H28N6O3/c1-13(2)29-18(11-30)20(17-8-14(3)27-28-17)21-22(25-12-26-23(21)29)24-10-15-6-7-16(31-4)9-19(15)32-5/h6-9,12-13,30H,10-11H2,1-5H3,(H,27,28)(H,24,25,26). The summed E-state index contributed by atoms with van der Waals surface area (Å²) in [6.07, 6.45) is 1.54. The molecular formula is C23H28N6O3. The zero-order valence-corrected chi connectivity index (χ0v) is 18.9. The highest BCUT2D eigenvalue weighted by Gasteiger charge is 2.25. The highest BCUT2D eigenvalue weighted by Crippen LogP contribution is 2.39. The Labute approximate surface area is 186 Å². The average molecular weight is 437 g/mol. The van der Waals surface area contributed by atoms with Crippen molar-refractivity contribution in [1.82, 2.24) is 24.7 Å². The first kappa shape index (κ1) is 21.6. The van der Waals surface area contributed by atoms with Crippen LogP contribution in [0, 0.1) is 6.92 Å². The van der Waals surface area contributed by atoms with Crippen molar-refractivity contribution in [3.63, 3.8) is 0 Å². The second-order valence-electron chi connectivity index (χ2n) is 7.83. The van der Waals surface area contributed by atoms with Gasteiger partial charge in [-0.25, -0.2) is 9.97 Å². The molecule has 1 aromatic carbocycles. The van der Waals surface area contributed by atoms with Crippen LogP contribution in [0.3, 0.4) is 0 Å². The molecule has 0 fully saturated rings. The lowest BCUT2D eigenvalue weighted by Gasteiger charge is -2.13. The molecule has 0 unspecified atom stereocenters. The maximum absolute atomic E-state index is 10.3. The van der Waals surface area contributed by atoms with Gasteiger partial charge in [-0.2, -0.15) is 5.10 Å². The van der Waals surface area contributed by atoms with E-state index in [-0.39, 0.29) is 12.6 Å². The summed E-state index contributed by atoms with van der Waals surface area (Å²) >= 11 is 0. The topological polar surface area (TPSA) is 110 Å². The summed E-state index contributed by atoms with van der Waals surface area (Å²) in [7, 11) is 3.26. The highest BCUT2D eigenvalue weighted by atomic mass is 16.5. The van der Waals surface area contributed by atoms with E-state index in [1.54, 1.807) is 14.2 Å². The zero-order chi connectivity index (χ0) is 22.8. The number of aromatic nitrogens is 5. The molecular weight excluding hydrogens is 408 g/mol. The Morgan fingerprint density at radius 3 is 2.59 bits per heavy atom. The number of ether oxygens (including phenoxy) is 2. The van der Waals surface area contributed by atoms with E-state index in [1.165, 1.54) is 6.33 Å². The van der Waals surface area contributed by atoms with Crippen molar-refractivity contribution in [2.24, 2.45) is 0 Å². The third-order valence-corrected chi connectivity index (χ3v) is 5.45. The molecule has 0 saturated carbocycles. The normalized spacial score (nSPS) is 11.3. The van der Waals surface area contributed by atoms with Gasteiger partial charge >= 0.3 is 0 Å². The van der Waals surface area contributed by atoms with Crippen LogP contribution >= 0.6 is 0 Å². The minimum Gasteiger partial charge on any atom is -0.497 e. The molecule has 0 aliphatic carbocycles. The van der Waals surface area contributed by atoms with Gasteiger partial charge in [-0.3, -0.25) is 5.10 Å². The maximum atomic E-state index is 10.3. The SMILES string of the molecule is COc1ccc(CNc2ncnc3c2c(-c2cc(C)[nH]n2)c(CO)n3C(C)C)c(OC)c1. The van der Waals surface area contributed by atoms with Crippen molar-refractivity contribution >= 4 is 16.9 Å². The summed E-state index contributed by atoms with van der Waals surface area (Å²) < 4.78 is 12.9. The molecule has 3 heterocycles. The van der Waals surface area contributed by atoms with Gasteiger partial charge in [0.15, 0.2) is 0 Å². The second kappa shape index (κ2) is 8.88. The largest absolute Gasteiger partial charge is 0.497 e. The number of aliphatic hydroxyl groups is 1. The van der Waals surface area contributed by atoms with E-state index in [0.29, 0.717) is 12.4 Å². The first-order valence-electron chi connectivity index (χ1n) is 10.4. The average Bonchev–Trinajstić information content (AvgIpc) is 3.38. The minimum absolute atomic E-state index is 0.0953. The van der Waals surface area contributed by atoms with Crippen LogP contribution in [0.25, 0.3) is 22.3 Å². The van der Waals surface area contributed by atoms with E-state index in [1.807, 2.05) is 35.8 Å². The molecule has 0 amide bonds. The van der Waals surface area contributed by atoms with Crippen molar-refractivity contribution < 1.29 is 14.6 Å². The van der Waals surface area contributed by atoms with Crippen molar-refractivity contribution in [3.8, 4) is 22.8 Å². The zero-order valence-electron chi connectivity index (χ0n) is 18.9. The Hall–Kier alpha value is -3.59. The van der Waals surface area contributed by atoms with Gasteiger partial charge in [-0.05, 0) is 39.0 Å². The van der Waals surface area contributed by atoms with Crippen LogP contribution in [-0.4, -0.2) is 44.1 Å². The second-order valence-corrected chi connectivity index (χ2v) is 7.83. The monoisotopic (exact) mass is 436 g/mol. The lowest BCUT2D eigenvalue weighted by Crippen LogP contribution is -2.07. The van der Waals surface area contributed by atoms with Crippen LogP contribution in [0.5, 0.6) is 11.5 Å². The summed E-state index contributed by atoms with van der Waals surface area (Å²) in [4.78, 5) is 9.09. The molecule has 3 aromatic heterocycles. The number of rotatable bonds is 8. The summed E-state index contributed by atoms with van der Waals surface area (Å²) in [5.41, 5.74) is 4.97. The Balaban J connectivity index is 1.84. The number of H-pyrrole nitrogens is 1. The Morgan fingerprint density at radius 2 is 1.97 bits per heavy atom. The summed E-state index contributed by atoms with van der Waals surface area (Å²) in [6.45, 7) is 6.43. The van der Waals surface area contributed by atoms with Gasteiger partial charge in [0.25, 0.3) is 0 Å². The number of aliphatic hydroxyl groups excluding tert-OH is 1. The molecule has 0 aliphatic heterocycles. The lowest BCUT2D eigenvalue weighted by molar-refractivity contribution is 0.269. The lowest BCUT2D eigenvalue weighted by atomic mass is 10.1. The van der Waals surface area contributed by atoms with Crippen molar-refractivity contribution in [3.05, 3.63) is 47.5 Å². The third kappa shape index (κ3) is 3.75. The molecule has 3 N–H and O–H groups in total. The maximum Gasteiger partial charge on any atom is 0.146 e. The van der Waals surface area contributed by atoms with Crippen LogP contribution in [-0.2, 0) is 13.2 Å². The molecule has 9 nitrogen and oxygen atoms in total. The van der Waals surface area contributed by atoms with Gasteiger partial charge in [-0.1, -0.05) is 0 Å². The molecule has 9 heteroatoms. The van der Waals surface area contributed by atoms with Gasteiger partial charge in [0.2, 0.25) is 0 Å². The fraction of sp³-hybridized carbons (Fsp3) is 0.348. The Kier molecular flexibility index (Phi) is 6.00. The number of nitrogens with one attached hydrogen (secondary N) is 2. The predicted octanol–water partition coefficient (Wildman–Crippen LogP) is 3.83. The van der Waals surface area contributed by atoms with E-state index in [0.717, 1.165) is 50.7 Å². The minimum atomic E-state index is -0.137. The summed E-state index contributed by atoms with van der Waals surface area (Å²) in [5.74, 6) is 2.12. The van der Waals surface area contributed by atoms with Gasteiger partial charge in [0.1, 0.15) is 29.3 Å². The number of benzene rings is 1. The van der Waals surface area contributed by atoms with Gasteiger partial charge in [0.05, 0.1) is 37.6 Å². The summed E-state index contributed by atoms with van der Waals surface area (Å²) in [6, 6.07) is 7.76. The van der Waals surface area contributed by atoms with Crippen LogP contribution in [0.15, 0.2) is 30.6 Å². The first-order chi connectivity index (χ1) is 15.5. The molecule has 168 valence electrons. The van der Waals surface area contributed by atoms with Crippen LogP contribution in [0.4, 0.5) is 5.82 Å².